The number of pyridine rings is 1. The number of ether oxygens (including phenoxy) is 1. The highest BCUT2D eigenvalue weighted by atomic mass is 16.5. The van der Waals surface area contributed by atoms with Crippen molar-refractivity contribution >= 4 is 16.9 Å². The van der Waals surface area contributed by atoms with E-state index < -0.39 is 0 Å². The minimum absolute atomic E-state index is 0.157. The van der Waals surface area contributed by atoms with Gasteiger partial charge < -0.3 is 9.72 Å². The van der Waals surface area contributed by atoms with Crippen molar-refractivity contribution in [2.24, 2.45) is 0 Å². The van der Waals surface area contributed by atoms with Gasteiger partial charge in [-0.3, -0.25) is 9.36 Å². The van der Waals surface area contributed by atoms with Crippen molar-refractivity contribution in [2.75, 3.05) is 0 Å². The molecule has 4 aromatic rings. The van der Waals surface area contributed by atoms with Gasteiger partial charge in [-0.25, -0.2) is 9.97 Å². The van der Waals surface area contributed by atoms with Crippen molar-refractivity contribution in [3.63, 3.8) is 0 Å². The van der Waals surface area contributed by atoms with E-state index in [1.807, 2.05) is 29.0 Å². The van der Waals surface area contributed by atoms with E-state index in [0.717, 1.165) is 37.1 Å². The van der Waals surface area contributed by atoms with Crippen LogP contribution in [-0.4, -0.2) is 25.5 Å². The summed E-state index contributed by atoms with van der Waals surface area (Å²) in [5, 5.41) is 1.29. The zero-order valence-electron chi connectivity index (χ0n) is 16.3. The summed E-state index contributed by atoms with van der Waals surface area (Å²) in [6.07, 6.45) is 13.4. The number of aromatic nitrogens is 4. The molecule has 6 heteroatoms. The maximum Gasteiger partial charge on any atom is 0.306 e. The molecule has 6 nitrogen and oxygen atoms in total. The molecule has 0 bridgehead atoms. The number of nitrogens with one attached hydrogen (secondary N) is 1. The highest BCUT2D eigenvalue weighted by Gasteiger charge is 2.06. The summed E-state index contributed by atoms with van der Waals surface area (Å²) in [6.45, 7) is 0.255. The summed E-state index contributed by atoms with van der Waals surface area (Å²) >= 11 is 0. The third-order valence-corrected chi connectivity index (χ3v) is 4.98. The minimum atomic E-state index is -0.157. The van der Waals surface area contributed by atoms with E-state index in [9.17, 15) is 4.79 Å². The number of aryl methyl sites for hydroxylation is 1. The molecule has 0 amide bonds. The van der Waals surface area contributed by atoms with Crippen LogP contribution in [-0.2, 0) is 22.6 Å². The first-order valence-electron chi connectivity index (χ1n) is 9.93. The van der Waals surface area contributed by atoms with Crippen molar-refractivity contribution in [1.29, 1.82) is 0 Å². The lowest BCUT2D eigenvalue weighted by atomic mass is 10.1. The molecule has 0 saturated heterocycles. The van der Waals surface area contributed by atoms with Gasteiger partial charge in [-0.1, -0.05) is 30.7 Å². The summed E-state index contributed by atoms with van der Waals surface area (Å²) in [5.41, 5.74) is 3.40. The fourth-order valence-electron chi connectivity index (χ4n) is 3.39. The second kappa shape index (κ2) is 9.19. The lowest BCUT2D eigenvalue weighted by Gasteiger charge is -2.06. The van der Waals surface area contributed by atoms with Gasteiger partial charge in [-0.15, -0.1) is 0 Å². The number of imidazole rings is 1. The molecule has 0 saturated carbocycles. The van der Waals surface area contributed by atoms with E-state index in [-0.39, 0.29) is 12.6 Å². The molecule has 0 unspecified atom stereocenters. The zero-order chi connectivity index (χ0) is 19.9. The largest absolute Gasteiger partial charge is 0.461 e. The van der Waals surface area contributed by atoms with Crippen LogP contribution < -0.4 is 0 Å². The molecule has 3 aromatic heterocycles. The standard InChI is InChI=1S/C23H24N4O2/c28-23(29-16-18-10-11-22(26-14-18)27-13-12-24-17-27)9-3-1-2-6-19-15-25-21-8-5-4-7-20(19)21/h4-5,7-8,10-15,17,25H,1-3,6,9,16H2. The van der Waals surface area contributed by atoms with E-state index in [1.54, 1.807) is 18.7 Å². The van der Waals surface area contributed by atoms with Crippen molar-refractivity contribution < 1.29 is 9.53 Å². The topological polar surface area (TPSA) is 72.8 Å². The van der Waals surface area contributed by atoms with E-state index in [0.29, 0.717) is 6.42 Å². The number of H-pyrrole nitrogens is 1. The molecule has 0 spiro atoms. The maximum atomic E-state index is 12.0. The van der Waals surface area contributed by atoms with Crippen LogP contribution in [0, 0.1) is 0 Å². The molecule has 0 aliphatic carbocycles. The molecule has 29 heavy (non-hydrogen) atoms. The molecular formula is C23H24N4O2. The number of para-hydroxylation sites is 1. The van der Waals surface area contributed by atoms with Gasteiger partial charge in [-0.2, -0.15) is 0 Å². The van der Waals surface area contributed by atoms with Gasteiger partial charge in [0.25, 0.3) is 0 Å². The number of fused-ring (bicyclic) bond motifs is 1. The van der Waals surface area contributed by atoms with Gasteiger partial charge in [0.1, 0.15) is 18.8 Å². The van der Waals surface area contributed by atoms with Gasteiger partial charge in [-0.05, 0) is 37.0 Å². The number of benzene rings is 1. The van der Waals surface area contributed by atoms with Crippen LogP contribution in [0.3, 0.4) is 0 Å². The number of aromatic amines is 1. The molecule has 0 atom stereocenters. The summed E-state index contributed by atoms with van der Waals surface area (Å²) in [6, 6.07) is 12.1. The molecule has 1 aromatic carbocycles. The number of rotatable bonds is 9. The molecule has 148 valence electrons. The van der Waals surface area contributed by atoms with Crippen LogP contribution in [0.4, 0.5) is 0 Å². The summed E-state index contributed by atoms with van der Waals surface area (Å²) in [5.74, 6) is 0.628. The monoisotopic (exact) mass is 388 g/mol. The van der Waals surface area contributed by atoms with Gasteiger partial charge in [0.2, 0.25) is 0 Å². The highest BCUT2D eigenvalue weighted by molar-refractivity contribution is 5.83. The zero-order valence-corrected chi connectivity index (χ0v) is 16.3. The number of esters is 1. The molecule has 0 aliphatic rings. The van der Waals surface area contributed by atoms with Crippen molar-refractivity contribution in [2.45, 2.75) is 38.7 Å². The SMILES string of the molecule is O=C(CCCCCc1c[nH]c2ccccc12)OCc1ccc(-n2ccnc2)nc1. The van der Waals surface area contributed by atoms with Crippen LogP contribution in [0.1, 0.15) is 36.8 Å². The van der Waals surface area contributed by atoms with Crippen molar-refractivity contribution in [3.05, 3.63) is 78.6 Å². The van der Waals surface area contributed by atoms with Crippen molar-refractivity contribution in [3.8, 4) is 5.82 Å². The number of carbonyl (C=O) groups is 1. The Bertz CT molecular complexity index is 1050. The van der Waals surface area contributed by atoms with Crippen LogP contribution >= 0.6 is 0 Å². The van der Waals surface area contributed by atoms with Crippen molar-refractivity contribution in [1.82, 2.24) is 19.5 Å². The number of carbonyl (C=O) groups excluding carboxylic acids is 1. The number of nitrogens with zero attached hydrogens (tertiary/aromatic N) is 3. The number of hydrogen-bond donors (Lipinski definition) is 1. The average molecular weight is 388 g/mol. The molecular weight excluding hydrogens is 364 g/mol. The minimum Gasteiger partial charge on any atom is -0.461 e. The smallest absolute Gasteiger partial charge is 0.306 e. The third kappa shape index (κ3) is 4.90. The second-order valence-corrected chi connectivity index (χ2v) is 7.08. The maximum absolute atomic E-state index is 12.0. The van der Waals surface area contributed by atoms with Crippen LogP contribution in [0.2, 0.25) is 0 Å². The fraction of sp³-hybridized carbons (Fsp3) is 0.261. The molecule has 3 heterocycles. The van der Waals surface area contributed by atoms with E-state index >= 15 is 0 Å². The Kier molecular flexibility index (Phi) is 6.00. The lowest BCUT2D eigenvalue weighted by Crippen LogP contribution is -2.05. The second-order valence-electron chi connectivity index (χ2n) is 7.08. The van der Waals surface area contributed by atoms with Crippen LogP contribution in [0.5, 0.6) is 0 Å². The van der Waals surface area contributed by atoms with Gasteiger partial charge in [0.05, 0.1) is 0 Å². The summed E-state index contributed by atoms with van der Waals surface area (Å²) in [7, 11) is 0. The molecule has 4 rings (SSSR count). The Morgan fingerprint density at radius 1 is 1.10 bits per heavy atom. The normalized spacial score (nSPS) is 11.0. The number of unbranched alkanes of at least 4 members (excludes halogenated alkanes) is 2. The first-order valence-corrected chi connectivity index (χ1v) is 9.93. The van der Waals surface area contributed by atoms with E-state index in [4.69, 9.17) is 4.74 Å². The fourth-order valence-corrected chi connectivity index (χ4v) is 3.39. The summed E-state index contributed by atoms with van der Waals surface area (Å²) < 4.78 is 7.19. The first kappa shape index (κ1) is 18.9. The van der Waals surface area contributed by atoms with E-state index in [2.05, 4.69) is 39.3 Å². The van der Waals surface area contributed by atoms with Gasteiger partial charge in [0.15, 0.2) is 0 Å². The lowest BCUT2D eigenvalue weighted by molar-refractivity contribution is -0.145. The Hall–Kier alpha value is -3.41. The predicted octanol–water partition coefficient (Wildman–Crippen LogP) is 4.59. The highest BCUT2D eigenvalue weighted by Crippen LogP contribution is 2.20. The Morgan fingerprint density at radius 3 is 2.86 bits per heavy atom. The Morgan fingerprint density at radius 2 is 2.03 bits per heavy atom. The molecule has 0 fully saturated rings. The average Bonchev–Trinajstić information content (AvgIpc) is 3.43. The molecule has 0 aliphatic heterocycles. The Balaban J connectivity index is 1.14. The Labute approximate surface area is 169 Å². The third-order valence-electron chi connectivity index (χ3n) is 4.98. The van der Waals surface area contributed by atoms with Crippen LogP contribution in [0.15, 0.2) is 67.5 Å². The van der Waals surface area contributed by atoms with E-state index in [1.165, 1.54) is 16.5 Å². The predicted molar refractivity (Wildman–Crippen MR) is 112 cm³/mol. The number of hydrogen-bond acceptors (Lipinski definition) is 4. The summed E-state index contributed by atoms with van der Waals surface area (Å²) in [4.78, 5) is 23.6. The quantitative estimate of drug-likeness (QED) is 0.336. The van der Waals surface area contributed by atoms with Gasteiger partial charge in [0, 0.05) is 47.7 Å². The first-order chi connectivity index (χ1) is 14.3. The molecule has 1 N–H and O–H groups in total. The molecule has 0 radical (unpaired) electrons. The van der Waals surface area contributed by atoms with Gasteiger partial charge >= 0.3 is 5.97 Å². The van der Waals surface area contributed by atoms with Crippen LogP contribution in [0.25, 0.3) is 16.7 Å².